The van der Waals surface area contributed by atoms with Gasteiger partial charge in [0.05, 0.1) is 19.4 Å². The van der Waals surface area contributed by atoms with Crippen LogP contribution < -0.4 is 5.73 Å². The lowest BCUT2D eigenvalue weighted by atomic mass is 9.95. The number of rotatable bonds is 7. The monoisotopic (exact) mass is 596 g/mol. The zero-order valence-corrected chi connectivity index (χ0v) is 23.7. The second kappa shape index (κ2) is 11.8. The third kappa shape index (κ3) is 5.46. The van der Waals surface area contributed by atoms with Gasteiger partial charge < -0.3 is 24.7 Å². The second-order valence-electron chi connectivity index (χ2n) is 9.13. The Morgan fingerprint density at radius 2 is 2.08 bits per heavy atom. The molecule has 2 aromatic carbocycles. The van der Waals surface area contributed by atoms with Gasteiger partial charge in [0, 0.05) is 27.5 Å². The number of nitrogen functional groups attached to an aromatic ring is 1. The molecule has 2 N–H and O–H groups in total. The topological polar surface area (TPSA) is 111 Å². The van der Waals surface area contributed by atoms with Crippen LogP contribution in [0.2, 0.25) is 5.02 Å². The maximum atomic E-state index is 7.63. The number of benzene rings is 2. The largest absolute Gasteiger partial charge is 0.375 e. The maximum Gasteiger partial charge on any atom is 0.200 e. The predicted octanol–water partition coefficient (Wildman–Crippen LogP) is 5.77. The minimum absolute atomic E-state index is 0.298. The Balaban J connectivity index is 1.38. The van der Waals surface area contributed by atoms with E-state index >= 15 is 0 Å². The molecule has 13 heteroatoms. The van der Waals surface area contributed by atoms with Crippen molar-refractivity contribution in [1.82, 2.24) is 20.0 Å². The van der Waals surface area contributed by atoms with Gasteiger partial charge >= 0.3 is 0 Å². The van der Waals surface area contributed by atoms with E-state index in [-0.39, 0.29) is 0 Å². The highest BCUT2D eigenvalue weighted by atomic mass is 35.5. The quantitative estimate of drug-likeness (QED) is 0.266. The van der Waals surface area contributed by atoms with Crippen LogP contribution in [0.1, 0.15) is 24.8 Å². The van der Waals surface area contributed by atoms with Crippen molar-refractivity contribution in [2.75, 3.05) is 18.9 Å². The van der Waals surface area contributed by atoms with E-state index in [2.05, 4.69) is 20.1 Å². The van der Waals surface area contributed by atoms with Crippen LogP contribution >= 0.6 is 34.7 Å². The Kier molecular flexibility index (Phi) is 8.04. The summed E-state index contributed by atoms with van der Waals surface area (Å²) in [5.41, 5.74) is 7.96. The molecule has 0 spiro atoms. The number of fused-ring (bicyclic) bond motifs is 1. The fourth-order valence-corrected chi connectivity index (χ4v) is 6.90. The summed E-state index contributed by atoms with van der Waals surface area (Å²) in [6, 6.07) is 14.5. The number of halogens is 1. The Bertz CT molecular complexity index is 1510. The number of aromatic nitrogens is 4. The van der Waals surface area contributed by atoms with Crippen LogP contribution in [0.5, 0.6) is 0 Å². The number of ether oxygens (including phenoxy) is 4. The van der Waals surface area contributed by atoms with E-state index in [0.29, 0.717) is 45.3 Å². The van der Waals surface area contributed by atoms with E-state index < -0.39 is 36.1 Å². The van der Waals surface area contributed by atoms with Gasteiger partial charge in [0.15, 0.2) is 11.4 Å². The van der Waals surface area contributed by atoms with Gasteiger partial charge in [-0.15, -0.1) is 28.2 Å². The summed E-state index contributed by atoms with van der Waals surface area (Å²) in [5, 5.41) is 11.7. The Morgan fingerprint density at radius 3 is 2.83 bits per heavy atom. The first-order valence-electron chi connectivity index (χ1n) is 12.6. The molecule has 0 aliphatic carbocycles. The first-order valence-corrected chi connectivity index (χ1v) is 14.7. The van der Waals surface area contributed by atoms with Crippen molar-refractivity contribution in [3.05, 3.63) is 82.1 Å². The molecule has 40 heavy (non-hydrogen) atoms. The fraction of sp³-hybridized carbons (Fsp3) is 0.333. The van der Waals surface area contributed by atoms with Crippen LogP contribution in [-0.4, -0.2) is 56.9 Å². The summed E-state index contributed by atoms with van der Waals surface area (Å²) in [5.74, 6) is 0. The van der Waals surface area contributed by atoms with E-state index in [4.69, 9.17) is 42.9 Å². The number of nitrogens with two attached hydrogens (primary N) is 1. The van der Waals surface area contributed by atoms with Gasteiger partial charge in [-0.3, -0.25) is 0 Å². The Labute approximate surface area is 244 Å². The Morgan fingerprint density at radius 1 is 1.23 bits per heavy atom. The lowest BCUT2D eigenvalue weighted by Crippen LogP contribution is -2.59. The first kappa shape index (κ1) is 27.2. The standard InChI is InChI=1S/C27H25ClN6O4S2/c1-3-35-24-22(34-12-18(32-33-34)19-14-39-27(29)31-19)23-20(13-36-25(38-23)15-7-5-4-6-8-15)37-26(24)40-21-11-16(28)9-10-17(21)30-2/h4-12,14,20,22-26H,3,13H2,1H3,(H2,29,31)/t20?,22-,23-,24?,25?,26+/m0/s1. The van der Waals surface area contributed by atoms with Crippen LogP contribution in [-0.2, 0) is 18.9 Å². The molecule has 2 fully saturated rings. The molecule has 4 heterocycles. The van der Waals surface area contributed by atoms with Crippen molar-refractivity contribution in [1.29, 1.82) is 0 Å². The molecule has 0 bridgehead atoms. The van der Waals surface area contributed by atoms with Crippen molar-refractivity contribution in [3.8, 4) is 11.4 Å². The van der Waals surface area contributed by atoms with Gasteiger partial charge in [-0.05, 0) is 13.0 Å². The predicted molar refractivity (Wildman–Crippen MR) is 152 cm³/mol. The highest BCUT2D eigenvalue weighted by molar-refractivity contribution is 8.00. The summed E-state index contributed by atoms with van der Waals surface area (Å²) in [6.07, 6.45) is -0.170. The first-order chi connectivity index (χ1) is 19.5. The SMILES string of the molecule is [C-]#[N+]c1ccc(Cl)cc1S[C@H]1OC2COC(c3ccccc3)O[C@@H]2[C@H](n2cc(-c3csc(N)n3)nn2)C1OCC. The normalized spacial score (nSPS) is 26.2. The summed E-state index contributed by atoms with van der Waals surface area (Å²) in [4.78, 5) is 8.73. The summed E-state index contributed by atoms with van der Waals surface area (Å²) in [7, 11) is 0. The van der Waals surface area contributed by atoms with E-state index in [0.717, 1.165) is 5.56 Å². The van der Waals surface area contributed by atoms with E-state index in [1.54, 1.807) is 22.9 Å². The van der Waals surface area contributed by atoms with Crippen LogP contribution in [0.4, 0.5) is 10.8 Å². The highest BCUT2D eigenvalue weighted by Crippen LogP contribution is 2.46. The van der Waals surface area contributed by atoms with Crippen molar-refractivity contribution in [2.45, 2.75) is 47.9 Å². The number of anilines is 1. The third-order valence-electron chi connectivity index (χ3n) is 6.63. The molecule has 6 rings (SSSR count). The van der Waals surface area contributed by atoms with E-state index in [9.17, 15) is 0 Å². The van der Waals surface area contributed by atoms with Gasteiger partial charge in [-0.1, -0.05) is 59.3 Å². The van der Waals surface area contributed by atoms with Gasteiger partial charge in [-0.25, -0.2) is 14.5 Å². The molecule has 6 atom stereocenters. The zero-order chi connectivity index (χ0) is 27.6. The summed E-state index contributed by atoms with van der Waals surface area (Å²) >= 11 is 9.03. The molecule has 2 aliphatic rings. The molecule has 0 saturated carbocycles. The summed E-state index contributed by atoms with van der Waals surface area (Å²) in [6.45, 7) is 10.3. The average molecular weight is 597 g/mol. The number of nitrogens with zero attached hydrogens (tertiary/aromatic N) is 5. The third-order valence-corrected chi connectivity index (χ3v) is 8.73. The molecule has 4 aromatic rings. The lowest BCUT2D eigenvalue weighted by Gasteiger charge is -2.49. The number of thioether (sulfide) groups is 1. The van der Waals surface area contributed by atoms with Crippen molar-refractivity contribution in [2.24, 2.45) is 0 Å². The molecule has 3 unspecified atom stereocenters. The molecule has 10 nitrogen and oxygen atoms in total. The minimum Gasteiger partial charge on any atom is -0.375 e. The fourth-order valence-electron chi connectivity index (χ4n) is 4.86. The van der Waals surface area contributed by atoms with Gasteiger partial charge in [0.2, 0.25) is 5.69 Å². The van der Waals surface area contributed by atoms with Crippen molar-refractivity contribution < 1.29 is 18.9 Å². The molecular formula is C27H25ClN6O4S2. The van der Waals surface area contributed by atoms with Crippen LogP contribution in [0.25, 0.3) is 16.2 Å². The minimum atomic E-state index is -0.581. The Hall–Kier alpha value is -3.02. The molecule has 206 valence electrons. The van der Waals surface area contributed by atoms with Crippen molar-refractivity contribution in [3.63, 3.8) is 0 Å². The zero-order valence-electron chi connectivity index (χ0n) is 21.3. The number of hydrogen-bond donors (Lipinski definition) is 1. The van der Waals surface area contributed by atoms with Crippen LogP contribution in [0.15, 0.2) is 65.0 Å². The lowest BCUT2D eigenvalue weighted by molar-refractivity contribution is -0.309. The van der Waals surface area contributed by atoms with Gasteiger partial charge in [-0.2, -0.15) is 0 Å². The second-order valence-corrected chi connectivity index (χ2v) is 11.6. The van der Waals surface area contributed by atoms with Crippen molar-refractivity contribution >= 4 is 45.5 Å². The average Bonchev–Trinajstić information content (AvgIpc) is 3.63. The smallest absolute Gasteiger partial charge is 0.200 e. The van der Waals surface area contributed by atoms with Crippen LogP contribution in [0, 0.1) is 6.57 Å². The van der Waals surface area contributed by atoms with E-state index in [1.807, 2.05) is 48.8 Å². The van der Waals surface area contributed by atoms with Crippen LogP contribution in [0.3, 0.4) is 0 Å². The van der Waals surface area contributed by atoms with E-state index in [1.165, 1.54) is 23.1 Å². The molecule has 2 aromatic heterocycles. The molecule has 2 saturated heterocycles. The molecule has 0 radical (unpaired) electrons. The molecule has 0 amide bonds. The molecule has 2 aliphatic heterocycles. The highest BCUT2D eigenvalue weighted by Gasteiger charge is 2.52. The molecular weight excluding hydrogens is 572 g/mol. The number of hydrogen-bond acceptors (Lipinski definition) is 10. The van der Waals surface area contributed by atoms with Gasteiger partial charge in [0.25, 0.3) is 0 Å². The number of thiazole rings is 1. The summed E-state index contributed by atoms with van der Waals surface area (Å²) < 4.78 is 27.4. The maximum absolute atomic E-state index is 7.63. The van der Waals surface area contributed by atoms with Gasteiger partial charge in [0.1, 0.15) is 41.2 Å².